The van der Waals surface area contributed by atoms with Crippen molar-refractivity contribution >= 4 is 34.4 Å². The first-order valence-corrected chi connectivity index (χ1v) is 10.3. The Balaban J connectivity index is 1.56. The highest BCUT2D eigenvalue weighted by molar-refractivity contribution is 8.00. The van der Waals surface area contributed by atoms with Crippen LogP contribution in [0.1, 0.15) is 12.5 Å². The zero-order chi connectivity index (χ0) is 21.1. The Bertz CT molecular complexity index is 1190. The van der Waals surface area contributed by atoms with Crippen LogP contribution in [-0.4, -0.2) is 38.0 Å². The molecule has 8 heteroatoms. The minimum atomic E-state index is -0.381. The molecule has 0 aliphatic carbocycles. The van der Waals surface area contributed by atoms with Gasteiger partial charge in [0.05, 0.1) is 35.3 Å². The van der Waals surface area contributed by atoms with E-state index in [1.54, 1.807) is 18.0 Å². The number of nitrogens with zero attached hydrogens (tertiary/aromatic N) is 4. The van der Waals surface area contributed by atoms with Crippen LogP contribution in [-0.2, 0) is 4.79 Å². The smallest absolute Gasteiger partial charge is 0.237 e. The molecular formula is C22H21N5O2S. The first-order valence-electron chi connectivity index (χ1n) is 9.43. The minimum Gasteiger partial charge on any atom is -0.495 e. The number of thioether (sulfide) groups is 1. The van der Waals surface area contributed by atoms with Gasteiger partial charge in [-0.2, -0.15) is 5.10 Å². The molecule has 7 nitrogen and oxygen atoms in total. The number of benzene rings is 2. The largest absolute Gasteiger partial charge is 0.495 e. The molecule has 4 aromatic rings. The van der Waals surface area contributed by atoms with Crippen molar-refractivity contribution in [1.82, 2.24) is 19.7 Å². The lowest BCUT2D eigenvalue weighted by Gasteiger charge is -2.14. The Labute approximate surface area is 178 Å². The number of fused-ring (bicyclic) bond motifs is 1. The summed E-state index contributed by atoms with van der Waals surface area (Å²) in [6.07, 6.45) is 3.23. The standard InChI is InChI=1S/C22H21N5O2S/c1-14-9-10-19(29-3)18(11-14)26-21(28)15(2)30-22-17-12-25-27(20(17)23-13-24-22)16-7-5-4-6-8-16/h4-13,15H,1-3H3,(H,26,28). The van der Waals surface area contributed by atoms with E-state index in [1.807, 2.05) is 62.4 Å². The summed E-state index contributed by atoms with van der Waals surface area (Å²) in [5.41, 5.74) is 3.31. The van der Waals surface area contributed by atoms with E-state index in [9.17, 15) is 4.79 Å². The number of anilines is 1. The second kappa shape index (κ2) is 8.54. The molecule has 2 aromatic carbocycles. The van der Waals surface area contributed by atoms with Crippen molar-refractivity contribution in [3.05, 3.63) is 66.6 Å². The topological polar surface area (TPSA) is 81.9 Å². The predicted molar refractivity (Wildman–Crippen MR) is 118 cm³/mol. The Hall–Kier alpha value is -3.39. The number of rotatable bonds is 6. The van der Waals surface area contributed by atoms with E-state index >= 15 is 0 Å². The van der Waals surface area contributed by atoms with Gasteiger partial charge in [0, 0.05) is 0 Å². The van der Waals surface area contributed by atoms with Gasteiger partial charge in [-0.15, -0.1) is 0 Å². The van der Waals surface area contributed by atoms with Crippen molar-refractivity contribution in [3.8, 4) is 11.4 Å². The summed E-state index contributed by atoms with van der Waals surface area (Å²) in [5.74, 6) is 0.492. The second-order valence-electron chi connectivity index (χ2n) is 6.76. The molecule has 0 spiro atoms. The highest BCUT2D eigenvalue weighted by Gasteiger charge is 2.20. The van der Waals surface area contributed by atoms with E-state index in [0.717, 1.165) is 16.6 Å². The monoisotopic (exact) mass is 419 g/mol. The number of hydrogen-bond acceptors (Lipinski definition) is 6. The average molecular weight is 420 g/mol. The fourth-order valence-electron chi connectivity index (χ4n) is 3.05. The summed E-state index contributed by atoms with van der Waals surface area (Å²) < 4.78 is 7.12. The highest BCUT2D eigenvalue weighted by atomic mass is 32.2. The van der Waals surface area contributed by atoms with Gasteiger partial charge in [-0.1, -0.05) is 36.0 Å². The average Bonchev–Trinajstić information content (AvgIpc) is 3.20. The Morgan fingerprint density at radius 1 is 1.17 bits per heavy atom. The maximum atomic E-state index is 12.8. The van der Waals surface area contributed by atoms with Gasteiger partial charge < -0.3 is 10.1 Å². The number of aryl methyl sites for hydroxylation is 1. The highest BCUT2D eigenvalue weighted by Crippen LogP contribution is 2.31. The Kier molecular flexibility index (Phi) is 5.67. The van der Waals surface area contributed by atoms with Crippen LogP contribution in [0, 0.1) is 6.92 Å². The lowest BCUT2D eigenvalue weighted by Crippen LogP contribution is -2.23. The second-order valence-corrected chi connectivity index (χ2v) is 8.09. The zero-order valence-corrected chi connectivity index (χ0v) is 17.7. The van der Waals surface area contributed by atoms with Crippen LogP contribution in [0.2, 0.25) is 0 Å². The summed E-state index contributed by atoms with van der Waals surface area (Å²) in [4.78, 5) is 21.6. The molecule has 0 fully saturated rings. The number of hydrogen-bond donors (Lipinski definition) is 1. The van der Waals surface area contributed by atoms with Crippen LogP contribution in [0.5, 0.6) is 5.75 Å². The van der Waals surface area contributed by atoms with Crippen LogP contribution in [0.15, 0.2) is 66.1 Å². The first kappa shape index (κ1) is 19.9. The van der Waals surface area contributed by atoms with Crippen molar-refractivity contribution in [2.75, 3.05) is 12.4 Å². The summed E-state index contributed by atoms with van der Waals surface area (Å²) in [6.45, 7) is 3.81. The lowest BCUT2D eigenvalue weighted by atomic mass is 10.2. The molecule has 0 saturated carbocycles. The van der Waals surface area contributed by atoms with Gasteiger partial charge in [-0.25, -0.2) is 14.6 Å². The summed E-state index contributed by atoms with van der Waals surface area (Å²) in [5, 5.41) is 8.55. The van der Waals surface area contributed by atoms with Crippen molar-refractivity contribution in [2.24, 2.45) is 0 Å². The third kappa shape index (κ3) is 3.99. The molecule has 0 saturated heterocycles. The van der Waals surface area contributed by atoms with Crippen molar-refractivity contribution < 1.29 is 9.53 Å². The summed E-state index contributed by atoms with van der Waals surface area (Å²) in [6, 6.07) is 15.5. The van der Waals surface area contributed by atoms with Crippen molar-refractivity contribution in [2.45, 2.75) is 24.1 Å². The minimum absolute atomic E-state index is 0.133. The molecule has 4 rings (SSSR count). The predicted octanol–water partition coefficient (Wildman–Crippen LogP) is 4.25. The van der Waals surface area contributed by atoms with Gasteiger partial charge >= 0.3 is 0 Å². The number of para-hydroxylation sites is 1. The summed E-state index contributed by atoms with van der Waals surface area (Å²) >= 11 is 1.37. The third-order valence-corrected chi connectivity index (χ3v) is 5.72. The number of ether oxygens (including phenoxy) is 1. The normalized spacial score (nSPS) is 12.0. The molecule has 30 heavy (non-hydrogen) atoms. The number of nitrogens with one attached hydrogen (secondary N) is 1. The number of carbonyl (C=O) groups is 1. The fourth-order valence-corrected chi connectivity index (χ4v) is 3.93. The molecule has 2 heterocycles. The lowest BCUT2D eigenvalue weighted by molar-refractivity contribution is -0.115. The molecule has 0 aliphatic heterocycles. The van der Waals surface area contributed by atoms with Gasteiger partial charge in [0.25, 0.3) is 0 Å². The van der Waals surface area contributed by atoms with Crippen LogP contribution in [0.3, 0.4) is 0 Å². The van der Waals surface area contributed by atoms with Crippen LogP contribution in [0.25, 0.3) is 16.7 Å². The van der Waals surface area contributed by atoms with E-state index in [-0.39, 0.29) is 11.2 Å². The zero-order valence-electron chi connectivity index (χ0n) is 16.9. The van der Waals surface area contributed by atoms with Crippen molar-refractivity contribution in [3.63, 3.8) is 0 Å². The number of carbonyl (C=O) groups excluding carboxylic acids is 1. The van der Waals surface area contributed by atoms with Crippen molar-refractivity contribution in [1.29, 1.82) is 0 Å². The van der Waals surface area contributed by atoms with Crippen LogP contribution in [0.4, 0.5) is 5.69 Å². The summed E-state index contributed by atoms with van der Waals surface area (Å²) in [7, 11) is 1.58. The number of aromatic nitrogens is 4. The van der Waals surface area contributed by atoms with Gasteiger partial charge in [0.15, 0.2) is 5.65 Å². The molecule has 0 aliphatic rings. The van der Waals surface area contributed by atoms with Crippen LogP contribution >= 0.6 is 11.8 Å². The van der Waals surface area contributed by atoms with Gasteiger partial charge in [-0.3, -0.25) is 4.79 Å². The first-order chi connectivity index (χ1) is 14.6. The molecule has 1 unspecified atom stereocenters. The molecule has 1 amide bonds. The number of amides is 1. The molecule has 1 atom stereocenters. The molecule has 0 bridgehead atoms. The quantitative estimate of drug-likeness (QED) is 0.372. The van der Waals surface area contributed by atoms with Gasteiger partial charge in [0.1, 0.15) is 17.1 Å². The molecular weight excluding hydrogens is 398 g/mol. The fraction of sp³-hybridized carbons (Fsp3) is 0.182. The SMILES string of the molecule is COc1ccc(C)cc1NC(=O)C(C)Sc1ncnc2c1cnn2-c1ccccc1. The van der Waals surface area contributed by atoms with E-state index in [0.29, 0.717) is 22.1 Å². The Morgan fingerprint density at radius 3 is 2.73 bits per heavy atom. The maximum Gasteiger partial charge on any atom is 0.237 e. The molecule has 1 N–H and O–H groups in total. The van der Waals surface area contributed by atoms with Gasteiger partial charge in [-0.05, 0) is 43.7 Å². The van der Waals surface area contributed by atoms with E-state index in [2.05, 4.69) is 20.4 Å². The van der Waals surface area contributed by atoms with E-state index in [4.69, 9.17) is 4.74 Å². The molecule has 2 aromatic heterocycles. The van der Waals surface area contributed by atoms with E-state index < -0.39 is 0 Å². The van der Waals surface area contributed by atoms with Gasteiger partial charge in [0.2, 0.25) is 5.91 Å². The third-order valence-electron chi connectivity index (χ3n) is 4.60. The van der Waals surface area contributed by atoms with Crippen LogP contribution < -0.4 is 10.1 Å². The maximum absolute atomic E-state index is 12.8. The number of methoxy groups -OCH3 is 1. The molecule has 0 radical (unpaired) electrons. The Morgan fingerprint density at radius 2 is 1.97 bits per heavy atom. The van der Waals surface area contributed by atoms with E-state index in [1.165, 1.54) is 18.1 Å². The molecule has 152 valence electrons.